The van der Waals surface area contributed by atoms with Crippen LogP contribution >= 0.6 is 11.6 Å². The molecule has 5 heteroatoms. The van der Waals surface area contributed by atoms with E-state index in [4.69, 9.17) is 11.6 Å². The first kappa shape index (κ1) is 15.8. The lowest BCUT2D eigenvalue weighted by atomic mass is 10.1. The molecule has 114 valence electrons. The number of carbonyl (C=O) groups excluding carboxylic acids is 2. The number of halogens is 1. The number of ether oxygens (including phenoxy) is 1. The molecule has 1 saturated carbocycles. The third-order valence-corrected chi connectivity index (χ3v) is 4.19. The maximum atomic E-state index is 12.6. The van der Waals surface area contributed by atoms with Gasteiger partial charge in [0.15, 0.2) is 0 Å². The first-order chi connectivity index (χ1) is 9.95. The van der Waals surface area contributed by atoms with Crippen molar-refractivity contribution in [2.45, 2.75) is 32.2 Å². The van der Waals surface area contributed by atoms with E-state index in [9.17, 15) is 9.59 Å². The Balaban J connectivity index is 2.07. The molecule has 2 rings (SSSR count). The SMILES string of the molecule is COC(=O)CN(C(=O)C1CC1c1ccccc1Cl)C(C)C. The molecule has 4 nitrogen and oxygen atoms in total. The van der Waals surface area contributed by atoms with Crippen LogP contribution in [-0.4, -0.2) is 36.5 Å². The van der Waals surface area contributed by atoms with Crippen molar-refractivity contribution in [1.82, 2.24) is 4.90 Å². The van der Waals surface area contributed by atoms with Gasteiger partial charge in [-0.1, -0.05) is 29.8 Å². The largest absolute Gasteiger partial charge is 0.468 e. The van der Waals surface area contributed by atoms with Crippen LogP contribution in [0.3, 0.4) is 0 Å². The number of nitrogens with zero attached hydrogens (tertiary/aromatic N) is 1. The summed E-state index contributed by atoms with van der Waals surface area (Å²) in [5, 5.41) is 0.696. The third kappa shape index (κ3) is 3.56. The van der Waals surface area contributed by atoms with Gasteiger partial charge in [0.05, 0.1) is 7.11 Å². The third-order valence-electron chi connectivity index (χ3n) is 3.85. The molecule has 0 spiro atoms. The normalized spacial score (nSPS) is 20.2. The van der Waals surface area contributed by atoms with Crippen molar-refractivity contribution in [3.05, 3.63) is 34.9 Å². The molecular weight excluding hydrogens is 290 g/mol. The highest BCUT2D eigenvalue weighted by molar-refractivity contribution is 6.31. The molecule has 0 radical (unpaired) electrons. The van der Waals surface area contributed by atoms with Gasteiger partial charge in [-0.25, -0.2) is 0 Å². The van der Waals surface area contributed by atoms with Crippen LogP contribution in [0.2, 0.25) is 5.02 Å². The van der Waals surface area contributed by atoms with Gasteiger partial charge >= 0.3 is 5.97 Å². The Morgan fingerprint density at radius 2 is 2.05 bits per heavy atom. The predicted octanol–water partition coefficient (Wildman–Crippen LogP) is 2.85. The summed E-state index contributed by atoms with van der Waals surface area (Å²) in [6, 6.07) is 7.56. The Labute approximate surface area is 130 Å². The standard InChI is InChI=1S/C16H20ClNO3/c1-10(2)18(9-15(19)21-3)16(20)13-8-12(13)11-6-4-5-7-14(11)17/h4-7,10,12-13H,8-9H2,1-3H3. The maximum absolute atomic E-state index is 12.6. The van der Waals surface area contributed by atoms with Gasteiger partial charge in [0.1, 0.15) is 6.54 Å². The van der Waals surface area contributed by atoms with Crippen molar-refractivity contribution in [3.8, 4) is 0 Å². The van der Waals surface area contributed by atoms with Crippen molar-refractivity contribution in [1.29, 1.82) is 0 Å². The van der Waals surface area contributed by atoms with E-state index in [1.807, 2.05) is 38.1 Å². The molecule has 2 unspecified atom stereocenters. The Hall–Kier alpha value is -1.55. The molecule has 1 amide bonds. The van der Waals surface area contributed by atoms with Crippen molar-refractivity contribution in [3.63, 3.8) is 0 Å². The Kier molecular flexibility index (Phi) is 4.88. The van der Waals surface area contributed by atoms with E-state index in [1.54, 1.807) is 4.90 Å². The maximum Gasteiger partial charge on any atom is 0.325 e. The first-order valence-electron chi connectivity index (χ1n) is 7.07. The Morgan fingerprint density at radius 1 is 1.38 bits per heavy atom. The summed E-state index contributed by atoms with van der Waals surface area (Å²) in [4.78, 5) is 25.6. The van der Waals surface area contributed by atoms with Gasteiger partial charge in [0.2, 0.25) is 5.91 Å². The van der Waals surface area contributed by atoms with E-state index < -0.39 is 5.97 Å². The number of hydrogen-bond donors (Lipinski definition) is 0. The van der Waals surface area contributed by atoms with Gasteiger partial charge in [0.25, 0.3) is 0 Å². The number of carbonyl (C=O) groups is 2. The van der Waals surface area contributed by atoms with Crippen molar-refractivity contribution in [2.75, 3.05) is 13.7 Å². The van der Waals surface area contributed by atoms with Crippen molar-refractivity contribution < 1.29 is 14.3 Å². The van der Waals surface area contributed by atoms with Crippen LogP contribution < -0.4 is 0 Å². The summed E-state index contributed by atoms with van der Waals surface area (Å²) in [6.07, 6.45) is 0.785. The summed E-state index contributed by atoms with van der Waals surface area (Å²) in [7, 11) is 1.33. The van der Waals surface area contributed by atoms with Gasteiger partial charge in [0, 0.05) is 17.0 Å². The molecule has 21 heavy (non-hydrogen) atoms. The van der Waals surface area contributed by atoms with Gasteiger partial charge in [-0.3, -0.25) is 9.59 Å². The Morgan fingerprint density at radius 3 is 2.62 bits per heavy atom. The van der Waals surface area contributed by atoms with E-state index >= 15 is 0 Å². The molecule has 1 fully saturated rings. The van der Waals surface area contributed by atoms with E-state index in [1.165, 1.54) is 7.11 Å². The van der Waals surface area contributed by atoms with Crippen LogP contribution in [0.25, 0.3) is 0 Å². The zero-order valence-corrected chi connectivity index (χ0v) is 13.3. The van der Waals surface area contributed by atoms with Crippen molar-refractivity contribution in [2.24, 2.45) is 5.92 Å². The smallest absolute Gasteiger partial charge is 0.325 e. The fourth-order valence-electron chi connectivity index (χ4n) is 2.52. The van der Waals surface area contributed by atoms with Crippen LogP contribution in [0.5, 0.6) is 0 Å². The van der Waals surface area contributed by atoms with Crippen molar-refractivity contribution >= 4 is 23.5 Å². The number of amides is 1. The van der Waals surface area contributed by atoms with E-state index in [-0.39, 0.29) is 30.3 Å². The molecule has 0 aliphatic heterocycles. The second-order valence-electron chi connectivity index (χ2n) is 5.61. The molecule has 1 aromatic carbocycles. The van der Waals surface area contributed by atoms with Crippen LogP contribution in [0.1, 0.15) is 31.7 Å². The average Bonchev–Trinajstić information content (AvgIpc) is 3.24. The van der Waals surface area contributed by atoms with E-state index in [0.29, 0.717) is 5.02 Å². The minimum atomic E-state index is -0.396. The second-order valence-corrected chi connectivity index (χ2v) is 6.01. The minimum Gasteiger partial charge on any atom is -0.468 e. The number of esters is 1. The quantitative estimate of drug-likeness (QED) is 0.786. The zero-order chi connectivity index (χ0) is 15.6. The van der Waals surface area contributed by atoms with E-state index in [0.717, 1.165) is 12.0 Å². The lowest BCUT2D eigenvalue weighted by Gasteiger charge is -2.25. The van der Waals surface area contributed by atoms with Crippen LogP contribution in [0.15, 0.2) is 24.3 Å². The topological polar surface area (TPSA) is 46.6 Å². The molecule has 0 saturated heterocycles. The molecule has 1 aromatic rings. The fraction of sp³-hybridized carbons (Fsp3) is 0.500. The summed E-state index contributed by atoms with van der Waals surface area (Å²) in [6.45, 7) is 3.79. The van der Waals surface area contributed by atoms with Gasteiger partial charge < -0.3 is 9.64 Å². The summed E-state index contributed by atoms with van der Waals surface area (Å²) in [5.41, 5.74) is 1.01. The monoisotopic (exact) mass is 309 g/mol. The molecule has 0 bridgehead atoms. The van der Waals surface area contributed by atoms with Gasteiger partial charge in [-0.05, 0) is 37.8 Å². The van der Waals surface area contributed by atoms with Crippen LogP contribution in [-0.2, 0) is 14.3 Å². The number of hydrogen-bond acceptors (Lipinski definition) is 3. The van der Waals surface area contributed by atoms with Crippen LogP contribution in [0, 0.1) is 5.92 Å². The molecule has 1 aliphatic carbocycles. The molecular formula is C16H20ClNO3. The lowest BCUT2D eigenvalue weighted by Crippen LogP contribution is -2.42. The summed E-state index contributed by atoms with van der Waals surface area (Å²) in [5.74, 6) is -0.325. The average molecular weight is 310 g/mol. The second kappa shape index (κ2) is 6.48. The molecule has 0 N–H and O–H groups in total. The fourth-order valence-corrected chi connectivity index (χ4v) is 2.79. The number of rotatable bonds is 5. The first-order valence-corrected chi connectivity index (χ1v) is 7.45. The summed E-state index contributed by atoms with van der Waals surface area (Å²) >= 11 is 6.18. The van der Waals surface area contributed by atoms with Crippen LogP contribution in [0.4, 0.5) is 0 Å². The molecule has 1 aliphatic rings. The highest BCUT2D eigenvalue weighted by atomic mass is 35.5. The van der Waals surface area contributed by atoms with E-state index in [2.05, 4.69) is 4.74 Å². The highest BCUT2D eigenvalue weighted by Gasteiger charge is 2.47. The molecule has 0 aromatic heterocycles. The molecule has 2 atom stereocenters. The van der Waals surface area contributed by atoms with Gasteiger partial charge in [-0.15, -0.1) is 0 Å². The molecule has 0 heterocycles. The predicted molar refractivity (Wildman–Crippen MR) is 81.2 cm³/mol. The number of benzene rings is 1. The number of methoxy groups -OCH3 is 1. The zero-order valence-electron chi connectivity index (χ0n) is 12.5. The Bertz CT molecular complexity index is 544. The highest BCUT2D eigenvalue weighted by Crippen LogP contribution is 2.50. The van der Waals surface area contributed by atoms with Gasteiger partial charge in [-0.2, -0.15) is 0 Å². The lowest BCUT2D eigenvalue weighted by molar-refractivity contribution is -0.148. The summed E-state index contributed by atoms with van der Waals surface area (Å²) < 4.78 is 4.66. The minimum absolute atomic E-state index is 0.000296.